The van der Waals surface area contributed by atoms with Crippen molar-refractivity contribution >= 4 is 23.2 Å². The Morgan fingerprint density at radius 2 is 1.91 bits per heavy atom. The van der Waals surface area contributed by atoms with Gasteiger partial charge in [-0.15, -0.1) is 0 Å². The molecule has 2 aromatic carbocycles. The van der Waals surface area contributed by atoms with Gasteiger partial charge in [0, 0.05) is 35.9 Å². The number of anilines is 1. The lowest BCUT2D eigenvalue weighted by atomic mass is 9.95. The lowest BCUT2D eigenvalue weighted by Gasteiger charge is -2.36. The summed E-state index contributed by atoms with van der Waals surface area (Å²) in [5, 5.41) is 4.76. The van der Waals surface area contributed by atoms with E-state index in [2.05, 4.69) is 60.1 Å². The van der Waals surface area contributed by atoms with Crippen molar-refractivity contribution < 1.29 is 9.32 Å². The van der Waals surface area contributed by atoms with Crippen molar-refractivity contribution in [2.45, 2.75) is 40.2 Å². The molecule has 0 radical (unpaired) electrons. The molecule has 0 saturated carbocycles. The number of halogens is 1. The predicted octanol–water partition coefficient (Wildman–Crippen LogP) is 5.60. The summed E-state index contributed by atoms with van der Waals surface area (Å²) in [5.74, 6) is 1.40. The first-order valence-electron chi connectivity index (χ1n) is 11.6. The van der Waals surface area contributed by atoms with Crippen LogP contribution in [0.4, 0.5) is 5.69 Å². The van der Waals surface area contributed by atoms with Crippen molar-refractivity contribution in [3.8, 4) is 11.4 Å². The summed E-state index contributed by atoms with van der Waals surface area (Å²) in [7, 11) is 0. The zero-order valence-corrected chi connectivity index (χ0v) is 20.3. The molecule has 1 aromatic heterocycles. The van der Waals surface area contributed by atoms with E-state index in [0.717, 1.165) is 31.5 Å². The van der Waals surface area contributed by atoms with Gasteiger partial charge in [0.1, 0.15) is 6.54 Å². The number of aryl methyl sites for hydroxylation is 1. The van der Waals surface area contributed by atoms with E-state index in [4.69, 9.17) is 16.1 Å². The number of nitrogens with zero attached hydrogens (tertiary/aromatic N) is 4. The number of carbonyl (C=O) groups excluding carboxylic acids is 1. The molecule has 1 fully saturated rings. The van der Waals surface area contributed by atoms with Crippen molar-refractivity contribution in [3.05, 3.63) is 65.0 Å². The Kier molecular flexibility index (Phi) is 7.33. The van der Waals surface area contributed by atoms with E-state index in [-0.39, 0.29) is 11.8 Å². The van der Waals surface area contributed by atoms with E-state index in [0.29, 0.717) is 35.7 Å². The Morgan fingerprint density at radius 1 is 1.18 bits per heavy atom. The number of hydrogen-bond acceptors (Lipinski definition) is 5. The minimum absolute atomic E-state index is 0.0440. The van der Waals surface area contributed by atoms with Gasteiger partial charge in [0.25, 0.3) is 0 Å². The van der Waals surface area contributed by atoms with E-state index < -0.39 is 0 Å². The molecule has 1 aliphatic heterocycles. The van der Waals surface area contributed by atoms with Crippen molar-refractivity contribution in [1.29, 1.82) is 0 Å². The Balaban J connectivity index is 1.47. The Morgan fingerprint density at radius 3 is 2.61 bits per heavy atom. The zero-order chi connectivity index (χ0) is 23.4. The average molecular weight is 467 g/mol. The zero-order valence-electron chi connectivity index (χ0n) is 19.5. The monoisotopic (exact) mass is 466 g/mol. The summed E-state index contributed by atoms with van der Waals surface area (Å²) < 4.78 is 5.50. The third-order valence-electron chi connectivity index (χ3n) is 5.96. The van der Waals surface area contributed by atoms with Gasteiger partial charge in [0.2, 0.25) is 17.6 Å². The van der Waals surface area contributed by atoms with Crippen molar-refractivity contribution in [1.82, 2.24) is 15.0 Å². The smallest absolute Gasteiger partial charge is 0.246 e. The lowest BCUT2D eigenvalue weighted by molar-refractivity contribution is -0.137. The van der Waals surface area contributed by atoms with Crippen LogP contribution in [-0.4, -0.2) is 40.6 Å². The summed E-state index contributed by atoms with van der Waals surface area (Å²) in [6.07, 6.45) is 1.90. The molecular formula is C26H31ClN4O2. The molecule has 1 unspecified atom stereocenters. The molecular weight excluding hydrogens is 436 g/mol. The Labute approximate surface area is 200 Å². The third kappa shape index (κ3) is 5.93. The van der Waals surface area contributed by atoms with Crippen LogP contribution in [0.3, 0.4) is 0 Å². The molecule has 0 aliphatic carbocycles. The summed E-state index contributed by atoms with van der Waals surface area (Å²) in [6.45, 7) is 9.00. The van der Waals surface area contributed by atoms with Crippen LogP contribution in [0.15, 0.2) is 53.1 Å². The highest BCUT2D eigenvalue weighted by molar-refractivity contribution is 6.30. The lowest BCUT2D eigenvalue weighted by Crippen LogP contribution is -2.45. The first-order chi connectivity index (χ1) is 15.9. The molecule has 7 heteroatoms. The van der Waals surface area contributed by atoms with Gasteiger partial charge in [-0.2, -0.15) is 4.98 Å². The highest BCUT2D eigenvalue weighted by Crippen LogP contribution is 2.26. The summed E-state index contributed by atoms with van der Waals surface area (Å²) in [6, 6.07) is 15.8. The maximum Gasteiger partial charge on any atom is 0.246 e. The normalized spacial score (nSPS) is 16.3. The number of rotatable bonds is 7. The van der Waals surface area contributed by atoms with Crippen LogP contribution in [0.1, 0.15) is 38.1 Å². The van der Waals surface area contributed by atoms with Gasteiger partial charge >= 0.3 is 0 Å². The van der Waals surface area contributed by atoms with Gasteiger partial charge in [-0.3, -0.25) is 4.79 Å². The molecule has 3 aromatic rings. The number of hydrogen-bond donors (Lipinski definition) is 0. The van der Waals surface area contributed by atoms with E-state index in [1.807, 2.05) is 17.0 Å². The number of benzene rings is 2. The van der Waals surface area contributed by atoms with Crippen LogP contribution in [-0.2, 0) is 11.3 Å². The fraction of sp³-hybridized carbons (Fsp3) is 0.423. The van der Waals surface area contributed by atoms with E-state index >= 15 is 0 Å². The van der Waals surface area contributed by atoms with E-state index in [9.17, 15) is 4.79 Å². The number of amides is 1. The van der Waals surface area contributed by atoms with Gasteiger partial charge in [-0.1, -0.05) is 48.3 Å². The van der Waals surface area contributed by atoms with E-state index in [1.54, 1.807) is 12.1 Å². The van der Waals surface area contributed by atoms with Gasteiger partial charge < -0.3 is 14.3 Å². The summed E-state index contributed by atoms with van der Waals surface area (Å²) in [5.41, 5.74) is 3.25. The average Bonchev–Trinajstić information content (AvgIpc) is 3.27. The molecule has 6 nitrogen and oxygen atoms in total. The fourth-order valence-electron chi connectivity index (χ4n) is 4.30. The summed E-state index contributed by atoms with van der Waals surface area (Å²) in [4.78, 5) is 22.3. The molecule has 33 heavy (non-hydrogen) atoms. The highest BCUT2D eigenvalue weighted by atomic mass is 35.5. The second-order valence-corrected chi connectivity index (χ2v) is 9.69. The second-order valence-electron chi connectivity index (χ2n) is 9.25. The molecule has 174 valence electrons. The molecule has 1 atom stereocenters. The van der Waals surface area contributed by atoms with Crippen LogP contribution in [0.25, 0.3) is 11.4 Å². The van der Waals surface area contributed by atoms with Gasteiger partial charge in [0.05, 0.1) is 5.92 Å². The number of aromatic nitrogens is 2. The van der Waals surface area contributed by atoms with Gasteiger partial charge in [0.15, 0.2) is 0 Å². The van der Waals surface area contributed by atoms with Crippen LogP contribution in [0.2, 0.25) is 5.02 Å². The quantitative estimate of drug-likeness (QED) is 0.453. The second kappa shape index (κ2) is 10.4. The SMILES string of the molecule is Cc1ccc(N2CCCC(C(=O)N(Cc3nc(-c4ccc(Cl)cc4)no3)CC(C)C)C2)cc1. The predicted molar refractivity (Wildman–Crippen MR) is 131 cm³/mol. The van der Waals surface area contributed by atoms with E-state index in [1.165, 1.54) is 11.3 Å². The van der Waals surface area contributed by atoms with Crippen molar-refractivity contribution in [3.63, 3.8) is 0 Å². The first kappa shape index (κ1) is 23.3. The molecule has 4 rings (SSSR count). The molecule has 0 N–H and O–H groups in total. The van der Waals surface area contributed by atoms with Crippen molar-refractivity contribution in [2.24, 2.45) is 11.8 Å². The third-order valence-corrected chi connectivity index (χ3v) is 6.22. The molecule has 0 bridgehead atoms. The maximum atomic E-state index is 13.6. The highest BCUT2D eigenvalue weighted by Gasteiger charge is 2.30. The number of piperidine rings is 1. The van der Waals surface area contributed by atoms with Gasteiger partial charge in [-0.05, 0) is 62.1 Å². The van der Waals surface area contributed by atoms with Gasteiger partial charge in [-0.25, -0.2) is 0 Å². The van der Waals surface area contributed by atoms with Crippen LogP contribution in [0, 0.1) is 18.8 Å². The molecule has 2 heterocycles. The minimum atomic E-state index is -0.0440. The standard InChI is InChI=1S/C26H31ClN4O2/c1-18(2)15-31(17-24-28-25(29-33-24)20-8-10-22(27)11-9-20)26(32)21-5-4-14-30(16-21)23-12-6-19(3)7-13-23/h6-13,18,21H,4-5,14-17H2,1-3H3. The van der Waals surface area contributed by atoms with Crippen LogP contribution < -0.4 is 4.90 Å². The first-order valence-corrected chi connectivity index (χ1v) is 12.0. The van der Waals surface area contributed by atoms with Crippen LogP contribution >= 0.6 is 11.6 Å². The molecule has 1 aliphatic rings. The number of carbonyl (C=O) groups is 1. The minimum Gasteiger partial charge on any atom is -0.371 e. The maximum absolute atomic E-state index is 13.6. The molecule has 1 amide bonds. The van der Waals surface area contributed by atoms with Crippen molar-refractivity contribution in [2.75, 3.05) is 24.5 Å². The Bertz CT molecular complexity index is 1060. The molecule has 1 saturated heterocycles. The molecule has 0 spiro atoms. The summed E-state index contributed by atoms with van der Waals surface area (Å²) >= 11 is 5.97. The van der Waals surface area contributed by atoms with Crippen LogP contribution in [0.5, 0.6) is 0 Å². The topological polar surface area (TPSA) is 62.5 Å². The Hall–Kier alpha value is -2.86. The largest absolute Gasteiger partial charge is 0.371 e. The fourth-order valence-corrected chi connectivity index (χ4v) is 4.42.